The Morgan fingerprint density at radius 1 is 1.35 bits per heavy atom. The van der Waals surface area contributed by atoms with Crippen molar-refractivity contribution in [2.45, 2.75) is 4.90 Å². The second-order valence-electron chi connectivity index (χ2n) is 3.22. The Morgan fingerprint density at radius 3 is 2.82 bits per heavy atom. The number of nitrogens with one attached hydrogen (secondary N) is 2. The fraction of sp³-hybridized carbons (Fsp3) is 0. The summed E-state index contributed by atoms with van der Waals surface area (Å²) in [4.78, 5) is 0.0335. The Hall–Kier alpha value is -2.33. The maximum Gasteiger partial charge on any atom is 0.263 e. The molecule has 0 aliphatic rings. The van der Waals surface area contributed by atoms with Gasteiger partial charge in [0, 0.05) is 6.07 Å². The third-order valence-electron chi connectivity index (χ3n) is 2.02. The Balaban J connectivity index is 2.35. The molecule has 1 aromatic heterocycles. The minimum Gasteiger partial charge on any atom is -0.264 e. The van der Waals surface area contributed by atoms with Crippen molar-refractivity contribution in [1.82, 2.24) is 10.2 Å². The van der Waals surface area contributed by atoms with Crippen LogP contribution >= 0.6 is 0 Å². The number of aromatic nitrogens is 2. The molecule has 6 nitrogen and oxygen atoms in total. The van der Waals surface area contributed by atoms with E-state index in [-0.39, 0.29) is 16.3 Å². The van der Waals surface area contributed by atoms with Gasteiger partial charge in [0.15, 0.2) is 0 Å². The van der Waals surface area contributed by atoms with Crippen LogP contribution in [0.15, 0.2) is 41.4 Å². The Labute approximate surface area is 98.0 Å². The van der Waals surface area contributed by atoms with E-state index < -0.39 is 10.0 Å². The van der Waals surface area contributed by atoms with E-state index in [9.17, 15) is 8.42 Å². The van der Waals surface area contributed by atoms with Crippen LogP contribution in [0.4, 0.5) is 5.82 Å². The zero-order chi connectivity index (χ0) is 12.3. The molecular formula is C10H8N4O2S. The highest BCUT2D eigenvalue weighted by molar-refractivity contribution is 7.92. The summed E-state index contributed by atoms with van der Waals surface area (Å²) in [7, 11) is -3.69. The van der Waals surface area contributed by atoms with Crippen LogP contribution in [0.2, 0.25) is 0 Å². The summed E-state index contributed by atoms with van der Waals surface area (Å²) in [5, 5.41) is 14.8. The zero-order valence-electron chi connectivity index (χ0n) is 8.58. The van der Waals surface area contributed by atoms with Crippen molar-refractivity contribution < 1.29 is 8.42 Å². The number of nitriles is 1. The number of H-pyrrole nitrogens is 1. The monoisotopic (exact) mass is 248 g/mol. The molecule has 17 heavy (non-hydrogen) atoms. The molecule has 0 radical (unpaired) electrons. The number of rotatable bonds is 3. The number of benzene rings is 1. The smallest absolute Gasteiger partial charge is 0.263 e. The van der Waals surface area contributed by atoms with Crippen molar-refractivity contribution in [3.05, 3.63) is 42.1 Å². The van der Waals surface area contributed by atoms with E-state index in [1.54, 1.807) is 0 Å². The Kier molecular flexibility index (Phi) is 2.80. The molecule has 2 aromatic rings. The van der Waals surface area contributed by atoms with Crippen molar-refractivity contribution in [2.75, 3.05) is 4.72 Å². The summed E-state index contributed by atoms with van der Waals surface area (Å²) in [6.07, 6.45) is 1.43. The van der Waals surface area contributed by atoms with Gasteiger partial charge in [-0.05, 0) is 18.2 Å². The third-order valence-corrected chi connectivity index (χ3v) is 3.38. The second-order valence-corrected chi connectivity index (χ2v) is 4.90. The van der Waals surface area contributed by atoms with Crippen molar-refractivity contribution in [1.29, 1.82) is 5.26 Å². The fourth-order valence-electron chi connectivity index (χ4n) is 1.25. The summed E-state index contributed by atoms with van der Waals surface area (Å²) in [5.74, 6) is 0.271. The van der Waals surface area contributed by atoms with E-state index in [1.165, 1.54) is 36.5 Å². The summed E-state index contributed by atoms with van der Waals surface area (Å²) < 4.78 is 26.1. The zero-order valence-corrected chi connectivity index (χ0v) is 9.40. The maximum absolute atomic E-state index is 11.9. The van der Waals surface area contributed by atoms with Crippen LogP contribution in [0.3, 0.4) is 0 Å². The van der Waals surface area contributed by atoms with Gasteiger partial charge in [0.1, 0.15) is 5.82 Å². The molecule has 0 aliphatic heterocycles. The first-order valence-electron chi connectivity index (χ1n) is 4.64. The first-order chi connectivity index (χ1) is 8.12. The van der Waals surface area contributed by atoms with Gasteiger partial charge < -0.3 is 0 Å². The van der Waals surface area contributed by atoms with Gasteiger partial charge in [-0.2, -0.15) is 10.4 Å². The minimum absolute atomic E-state index is 0.0335. The van der Waals surface area contributed by atoms with Gasteiger partial charge in [0.05, 0.1) is 22.7 Å². The molecule has 7 heteroatoms. The first-order valence-corrected chi connectivity index (χ1v) is 6.12. The molecule has 0 amide bonds. The molecule has 1 aromatic carbocycles. The molecule has 0 bridgehead atoms. The molecule has 0 spiro atoms. The lowest BCUT2D eigenvalue weighted by molar-refractivity contribution is 0.601. The average molecular weight is 248 g/mol. The number of aromatic amines is 1. The molecule has 0 saturated carbocycles. The van der Waals surface area contributed by atoms with Crippen molar-refractivity contribution in [3.8, 4) is 6.07 Å². The van der Waals surface area contributed by atoms with Crippen molar-refractivity contribution in [2.24, 2.45) is 0 Å². The van der Waals surface area contributed by atoms with Gasteiger partial charge in [0.2, 0.25) is 0 Å². The van der Waals surface area contributed by atoms with E-state index in [1.807, 2.05) is 6.07 Å². The van der Waals surface area contributed by atoms with E-state index in [4.69, 9.17) is 5.26 Å². The topological polar surface area (TPSA) is 98.6 Å². The fourth-order valence-corrected chi connectivity index (χ4v) is 2.31. The van der Waals surface area contributed by atoms with Crippen LogP contribution in [0, 0.1) is 11.3 Å². The minimum atomic E-state index is -3.69. The number of sulfonamides is 1. The van der Waals surface area contributed by atoms with Gasteiger partial charge in [-0.15, -0.1) is 0 Å². The number of hydrogen-bond acceptors (Lipinski definition) is 4. The normalized spacial score (nSPS) is 10.8. The Morgan fingerprint density at radius 2 is 2.18 bits per heavy atom. The standard InChI is InChI=1S/C10H8N4O2S/c11-7-8-2-1-3-9(6-8)17(15,16)14-10-4-5-12-13-10/h1-6H,(H2,12,13,14). The highest BCUT2D eigenvalue weighted by Gasteiger charge is 2.14. The van der Waals surface area contributed by atoms with Gasteiger partial charge in [-0.25, -0.2) is 8.42 Å². The molecule has 0 fully saturated rings. The molecule has 0 unspecified atom stereocenters. The number of nitrogens with zero attached hydrogens (tertiary/aromatic N) is 2. The molecule has 0 saturated heterocycles. The van der Waals surface area contributed by atoms with Crippen molar-refractivity contribution >= 4 is 15.8 Å². The average Bonchev–Trinajstić information content (AvgIpc) is 2.81. The second kappa shape index (κ2) is 4.27. The first kappa shape index (κ1) is 11.2. The highest BCUT2D eigenvalue weighted by atomic mass is 32.2. The SMILES string of the molecule is N#Cc1cccc(S(=O)(=O)Nc2ccn[nH]2)c1. The van der Waals surface area contributed by atoms with Gasteiger partial charge >= 0.3 is 0 Å². The molecule has 0 aliphatic carbocycles. The predicted molar refractivity (Wildman–Crippen MR) is 60.6 cm³/mol. The molecule has 2 rings (SSSR count). The van der Waals surface area contributed by atoms with Crippen LogP contribution in [-0.2, 0) is 10.0 Å². The van der Waals surface area contributed by atoms with Gasteiger partial charge in [0.25, 0.3) is 10.0 Å². The van der Waals surface area contributed by atoms with E-state index in [0.717, 1.165) is 0 Å². The largest absolute Gasteiger partial charge is 0.264 e. The third kappa shape index (κ3) is 2.43. The lowest BCUT2D eigenvalue weighted by Gasteiger charge is -2.05. The number of hydrogen-bond donors (Lipinski definition) is 2. The summed E-state index contributed by atoms with van der Waals surface area (Å²) in [5.41, 5.74) is 0.289. The van der Waals surface area contributed by atoms with Gasteiger partial charge in [-0.1, -0.05) is 6.07 Å². The summed E-state index contributed by atoms with van der Waals surface area (Å²) in [6, 6.07) is 9.15. The molecule has 2 N–H and O–H groups in total. The lowest BCUT2D eigenvalue weighted by Crippen LogP contribution is -2.13. The van der Waals surface area contributed by atoms with Crippen LogP contribution in [0.5, 0.6) is 0 Å². The summed E-state index contributed by atoms with van der Waals surface area (Å²) >= 11 is 0. The molecule has 1 heterocycles. The quantitative estimate of drug-likeness (QED) is 0.849. The predicted octanol–water partition coefficient (Wildman–Crippen LogP) is 1.08. The Bertz CT molecular complexity index is 656. The van der Waals surface area contributed by atoms with E-state index in [0.29, 0.717) is 0 Å². The van der Waals surface area contributed by atoms with E-state index in [2.05, 4.69) is 14.9 Å². The van der Waals surface area contributed by atoms with Crippen LogP contribution in [-0.4, -0.2) is 18.6 Å². The van der Waals surface area contributed by atoms with Crippen LogP contribution < -0.4 is 4.72 Å². The molecular weight excluding hydrogens is 240 g/mol. The van der Waals surface area contributed by atoms with Crippen LogP contribution in [0.25, 0.3) is 0 Å². The van der Waals surface area contributed by atoms with Gasteiger partial charge in [-0.3, -0.25) is 9.82 Å². The molecule has 86 valence electrons. The number of anilines is 1. The lowest BCUT2D eigenvalue weighted by atomic mass is 10.2. The molecule has 0 atom stereocenters. The van der Waals surface area contributed by atoms with Crippen LogP contribution in [0.1, 0.15) is 5.56 Å². The van der Waals surface area contributed by atoms with E-state index >= 15 is 0 Å². The van der Waals surface area contributed by atoms with Crippen molar-refractivity contribution in [3.63, 3.8) is 0 Å². The summed E-state index contributed by atoms with van der Waals surface area (Å²) in [6.45, 7) is 0. The highest BCUT2D eigenvalue weighted by Crippen LogP contribution is 2.14. The maximum atomic E-state index is 11.9.